The number of rotatable bonds is 6. The van der Waals surface area contributed by atoms with Crippen molar-refractivity contribution < 1.29 is 4.52 Å². The van der Waals surface area contributed by atoms with Crippen molar-refractivity contribution in [1.82, 2.24) is 19.9 Å². The number of nitrogens with one attached hydrogen (secondary N) is 1. The maximum absolute atomic E-state index is 12.1. The molecule has 114 valence electrons. The number of aromatic nitrogens is 4. The predicted molar refractivity (Wildman–Crippen MR) is 82.3 cm³/mol. The molecule has 0 atom stereocenters. The van der Waals surface area contributed by atoms with Gasteiger partial charge in [0, 0.05) is 19.5 Å². The number of anilines is 1. The van der Waals surface area contributed by atoms with Gasteiger partial charge in [0.2, 0.25) is 5.89 Å². The van der Waals surface area contributed by atoms with Crippen molar-refractivity contribution in [2.75, 3.05) is 11.9 Å². The van der Waals surface area contributed by atoms with Crippen LogP contribution < -0.4 is 10.9 Å². The first-order valence-corrected chi connectivity index (χ1v) is 7.55. The van der Waals surface area contributed by atoms with Crippen LogP contribution in [0.5, 0.6) is 0 Å². The fraction of sp³-hybridized carbons (Fsp3) is 0.538. The van der Waals surface area contributed by atoms with Crippen molar-refractivity contribution >= 4 is 21.6 Å². The lowest BCUT2D eigenvalue weighted by molar-refractivity contribution is 0.377. The number of hydrogen-bond donors (Lipinski definition) is 1. The van der Waals surface area contributed by atoms with Crippen LogP contribution in [0.25, 0.3) is 0 Å². The van der Waals surface area contributed by atoms with E-state index in [4.69, 9.17) is 4.52 Å². The molecule has 2 aromatic heterocycles. The molecule has 0 unspecified atom stereocenters. The maximum Gasteiger partial charge on any atom is 0.283 e. The topological polar surface area (TPSA) is 85.8 Å². The SMILES string of the molecule is Cc1noc(CCNc2cnn(CC(C)C)c(=O)c2Br)n1. The summed E-state index contributed by atoms with van der Waals surface area (Å²) in [5.74, 6) is 1.54. The summed E-state index contributed by atoms with van der Waals surface area (Å²) in [5, 5.41) is 11.0. The van der Waals surface area contributed by atoms with E-state index in [1.165, 1.54) is 4.68 Å². The van der Waals surface area contributed by atoms with Gasteiger partial charge in [0.25, 0.3) is 5.56 Å². The van der Waals surface area contributed by atoms with Gasteiger partial charge in [0.15, 0.2) is 5.82 Å². The molecule has 0 saturated heterocycles. The fourth-order valence-corrected chi connectivity index (χ4v) is 2.26. The van der Waals surface area contributed by atoms with Gasteiger partial charge in [-0.05, 0) is 28.8 Å². The molecular weight excluding hydrogens is 338 g/mol. The van der Waals surface area contributed by atoms with E-state index >= 15 is 0 Å². The summed E-state index contributed by atoms with van der Waals surface area (Å²) in [6.07, 6.45) is 2.23. The van der Waals surface area contributed by atoms with E-state index in [1.54, 1.807) is 13.1 Å². The van der Waals surface area contributed by atoms with E-state index in [0.29, 0.717) is 47.3 Å². The first-order valence-electron chi connectivity index (χ1n) is 6.76. The molecule has 0 bridgehead atoms. The van der Waals surface area contributed by atoms with Gasteiger partial charge in [-0.15, -0.1) is 0 Å². The summed E-state index contributed by atoms with van der Waals surface area (Å²) < 4.78 is 6.97. The van der Waals surface area contributed by atoms with Crippen LogP contribution >= 0.6 is 15.9 Å². The smallest absolute Gasteiger partial charge is 0.283 e. The highest BCUT2D eigenvalue weighted by Gasteiger charge is 2.10. The molecule has 0 amide bonds. The van der Waals surface area contributed by atoms with Crippen LogP contribution in [0.4, 0.5) is 5.69 Å². The van der Waals surface area contributed by atoms with Gasteiger partial charge in [-0.2, -0.15) is 10.1 Å². The Morgan fingerprint density at radius 2 is 2.24 bits per heavy atom. The highest BCUT2D eigenvalue weighted by atomic mass is 79.9. The Hall–Kier alpha value is -1.70. The lowest BCUT2D eigenvalue weighted by atomic mass is 10.2. The van der Waals surface area contributed by atoms with Crippen molar-refractivity contribution in [3.63, 3.8) is 0 Å². The summed E-state index contributed by atoms with van der Waals surface area (Å²) >= 11 is 3.32. The Bertz CT molecular complexity index is 665. The second-order valence-corrected chi connectivity index (χ2v) is 5.96. The normalized spacial score (nSPS) is 11.1. The zero-order valence-corrected chi connectivity index (χ0v) is 13.8. The first kappa shape index (κ1) is 15.7. The summed E-state index contributed by atoms with van der Waals surface area (Å²) in [4.78, 5) is 16.3. The van der Waals surface area contributed by atoms with Crippen molar-refractivity contribution in [3.05, 3.63) is 32.7 Å². The zero-order chi connectivity index (χ0) is 15.4. The summed E-state index contributed by atoms with van der Waals surface area (Å²) in [7, 11) is 0. The monoisotopic (exact) mass is 355 g/mol. The van der Waals surface area contributed by atoms with Gasteiger partial charge < -0.3 is 9.84 Å². The lowest BCUT2D eigenvalue weighted by Crippen LogP contribution is -2.26. The van der Waals surface area contributed by atoms with Crippen molar-refractivity contribution in [2.45, 2.75) is 33.7 Å². The lowest BCUT2D eigenvalue weighted by Gasteiger charge is -2.11. The Kier molecular flexibility index (Phi) is 5.11. The summed E-state index contributed by atoms with van der Waals surface area (Å²) in [6, 6.07) is 0. The molecule has 21 heavy (non-hydrogen) atoms. The quantitative estimate of drug-likeness (QED) is 0.852. The molecule has 0 spiro atoms. The Morgan fingerprint density at radius 3 is 2.86 bits per heavy atom. The molecule has 2 heterocycles. The highest BCUT2D eigenvalue weighted by molar-refractivity contribution is 9.10. The number of hydrogen-bond acceptors (Lipinski definition) is 6. The number of aryl methyl sites for hydroxylation is 1. The minimum Gasteiger partial charge on any atom is -0.382 e. The van der Waals surface area contributed by atoms with Gasteiger partial charge in [0.05, 0.1) is 11.9 Å². The van der Waals surface area contributed by atoms with E-state index in [0.717, 1.165) is 0 Å². The van der Waals surface area contributed by atoms with Gasteiger partial charge in [-0.3, -0.25) is 4.79 Å². The van der Waals surface area contributed by atoms with E-state index in [2.05, 4.69) is 36.5 Å². The van der Waals surface area contributed by atoms with E-state index < -0.39 is 0 Å². The molecule has 0 radical (unpaired) electrons. The molecule has 2 rings (SSSR count). The van der Waals surface area contributed by atoms with E-state index in [1.807, 2.05) is 13.8 Å². The first-order chi connectivity index (χ1) is 9.97. The van der Waals surface area contributed by atoms with Crippen molar-refractivity contribution in [3.8, 4) is 0 Å². The minimum atomic E-state index is -0.137. The Balaban J connectivity index is 2.00. The van der Waals surface area contributed by atoms with Crippen LogP contribution in [0, 0.1) is 12.8 Å². The molecule has 2 aromatic rings. The molecule has 8 heteroatoms. The molecule has 0 saturated carbocycles. The van der Waals surface area contributed by atoms with Crippen LogP contribution in [0.15, 0.2) is 20.0 Å². The maximum atomic E-state index is 12.1. The molecule has 0 aliphatic heterocycles. The molecular formula is C13H18BrN5O2. The standard InChI is InChI=1S/C13H18BrN5O2/c1-8(2)7-19-13(20)12(14)10(6-16-19)15-5-4-11-17-9(3)18-21-11/h6,8,15H,4-5,7H2,1-3H3. The average molecular weight is 356 g/mol. The van der Waals surface area contributed by atoms with Gasteiger partial charge in [0.1, 0.15) is 4.47 Å². The van der Waals surface area contributed by atoms with Crippen LogP contribution in [-0.4, -0.2) is 26.5 Å². The molecule has 7 nitrogen and oxygen atoms in total. The van der Waals surface area contributed by atoms with Gasteiger partial charge in [-0.1, -0.05) is 19.0 Å². The minimum absolute atomic E-state index is 0.137. The van der Waals surface area contributed by atoms with Crippen LogP contribution in [0.3, 0.4) is 0 Å². The third-order valence-electron chi connectivity index (χ3n) is 2.75. The molecule has 1 N–H and O–H groups in total. The van der Waals surface area contributed by atoms with E-state index in [-0.39, 0.29) is 5.56 Å². The fourth-order valence-electron chi connectivity index (χ4n) is 1.81. The number of halogens is 1. The van der Waals surface area contributed by atoms with Crippen molar-refractivity contribution in [2.24, 2.45) is 5.92 Å². The molecule has 0 aromatic carbocycles. The van der Waals surface area contributed by atoms with E-state index in [9.17, 15) is 4.79 Å². The molecule has 0 aliphatic rings. The molecule has 0 fully saturated rings. The Labute approximate surface area is 130 Å². The summed E-state index contributed by atoms with van der Waals surface area (Å²) in [6.45, 7) is 7.03. The highest BCUT2D eigenvalue weighted by Crippen LogP contribution is 2.16. The third kappa shape index (κ3) is 4.13. The second-order valence-electron chi connectivity index (χ2n) is 5.17. The summed E-state index contributed by atoms with van der Waals surface area (Å²) in [5.41, 5.74) is 0.526. The van der Waals surface area contributed by atoms with Crippen LogP contribution in [0.1, 0.15) is 25.6 Å². The van der Waals surface area contributed by atoms with Gasteiger partial charge in [-0.25, -0.2) is 4.68 Å². The predicted octanol–water partition coefficient (Wildman–Crippen LogP) is 2.01. The van der Waals surface area contributed by atoms with Gasteiger partial charge >= 0.3 is 0 Å². The largest absolute Gasteiger partial charge is 0.382 e. The second kappa shape index (κ2) is 6.84. The van der Waals surface area contributed by atoms with Crippen LogP contribution in [0.2, 0.25) is 0 Å². The Morgan fingerprint density at radius 1 is 1.48 bits per heavy atom. The van der Waals surface area contributed by atoms with Crippen molar-refractivity contribution in [1.29, 1.82) is 0 Å². The third-order valence-corrected chi connectivity index (χ3v) is 3.51. The zero-order valence-electron chi connectivity index (χ0n) is 12.3. The number of nitrogens with zero attached hydrogens (tertiary/aromatic N) is 4. The average Bonchev–Trinajstić information content (AvgIpc) is 2.83. The van der Waals surface area contributed by atoms with Crippen LogP contribution in [-0.2, 0) is 13.0 Å². The molecule has 0 aliphatic carbocycles.